The Morgan fingerprint density at radius 2 is 1.90 bits per heavy atom. The van der Waals surface area contributed by atoms with Crippen LogP contribution in [0.5, 0.6) is 0 Å². The van der Waals surface area contributed by atoms with Gasteiger partial charge in [0.25, 0.3) is 0 Å². The molecule has 2 saturated carbocycles. The Balaban J connectivity index is 1.67. The van der Waals surface area contributed by atoms with Crippen LogP contribution in [0.2, 0.25) is 10.0 Å². The van der Waals surface area contributed by atoms with Gasteiger partial charge in [-0.05, 0) is 48.6 Å². The van der Waals surface area contributed by atoms with Gasteiger partial charge in [-0.15, -0.1) is 0 Å². The van der Waals surface area contributed by atoms with Gasteiger partial charge in [-0.3, -0.25) is 9.59 Å². The van der Waals surface area contributed by atoms with Crippen LogP contribution in [0.25, 0.3) is 0 Å². The van der Waals surface area contributed by atoms with E-state index in [0.717, 1.165) is 44.9 Å². The van der Waals surface area contributed by atoms with E-state index >= 15 is 0 Å². The summed E-state index contributed by atoms with van der Waals surface area (Å²) < 4.78 is 14.9. The third kappa shape index (κ3) is 3.65. The van der Waals surface area contributed by atoms with Gasteiger partial charge in [0.2, 0.25) is 11.8 Å². The molecule has 1 saturated heterocycles. The molecule has 0 bridgehead atoms. The molecule has 158 valence electrons. The van der Waals surface area contributed by atoms with Crippen molar-refractivity contribution < 1.29 is 14.0 Å². The monoisotopic (exact) mass is 440 g/mol. The predicted molar refractivity (Wildman–Crippen MR) is 111 cm³/mol. The smallest absolute Gasteiger partial charge is 0.225 e. The molecule has 29 heavy (non-hydrogen) atoms. The molecule has 0 radical (unpaired) electrons. The Morgan fingerprint density at radius 1 is 1.21 bits per heavy atom. The number of carbonyl (C=O) groups excluding carboxylic acids is 2. The van der Waals surface area contributed by atoms with Crippen molar-refractivity contribution in [3.8, 4) is 0 Å². The number of hydrogen-bond acceptors (Lipinski definition) is 2. The molecule has 4 nitrogen and oxygen atoms in total. The standard InChI is InChI=1S/C22H27Cl2FN2O2/c1-21(7-2-3-8-21)19(17-15(25)6-5-14(23)18(17)24)27-20(29)13-12-26-16(28)11-22(13)9-4-10-22/h5-6,13,19H,2-4,7-12H2,1H3,(H,26,28)(H,27,29)/t13?,19-/m1/s1. The molecule has 2 aliphatic carbocycles. The van der Waals surface area contributed by atoms with Gasteiger partial charge in [0, 0.05) is 18.5 Å². The molecule has 2 N–H and O–H groups in total. The van der Waals surface area contributed by atoms with Gasteiger partial charge in [0.15, 0.2) is 0 Å². The molecule has 1 spiro atoms. The Bertz CT molecular complexity index is 834. The van der Waals surface area contributed by atoms with Crippen LogP contribution in [0.4, 0.5) is 4.39 Å². The van der Waals surface area contributed by atoms with E-state index in [9.17, 15) is 14.0 Å². The molecule has 1 aliphatic heterocycles. The second-order valence-electron chi connectivity index (χ2n) is 9.31. The summed E-state index contributed by atoms with van der Waals surface area (Å²) in [7, 11) is 0. The van der Waals surface area contributed by atoms with Crippen molar-refractivity contribution in [2.45, 2.75) is 64.3 Å². The molecule has 3 aliphatic rings. The fraction of sp³-hybridized carbons (Fsp3) is 0.636. The summed E-state index contributed by atoms with van der Waals surface area (Å²) in [5.41, 5.74) is -0.279. The highest BCUT2D eigenvalue weighted by Crippen LogP contribution is 2.53. The van der Waals surface area contributed by atoms with Crippen LogP contribution >= 0.6 is 23.2 Å². The second-order valence-corrected chi connectivity index (χ2v) is 10.1. The number of benzene rings is 1. The zero-order valence-corrected chi connectivity index (χ0v) is 18.1. The summed E-state index contributed by atoms with van der Waals surface area (Å²) in [6, 6.07) is 2.20. The first-order chi connectivity index (χ1) is 13.8. The molecule has 1 aromatic rings. The van der Waals surface area contributed by atoms with Crippen molar-refractivity contribution >= 4 is 35.0 Å². The number of amides is 2. The van der Waals surface area contributed by atoms with E-state index in [1.807, 2.05) is 0 Å². The average molecular weight is 441 g/mol. The Kier molecular flexibility index (Phi) is 5.58. The van der Waals surface area contributed by atoms with E-state index in [2.05, 4.69) is 17.6 Å². The van der Waals surface area contributed by atoms with Crippen molar-refractivity contribution in [1.29, 1.82) is 0 Å². The van der Waals surface area contributed by atoms with Crippen molar-refractivity contribution in [2.75, 3.05) is 6.54 Å². The van der Waals surface area contributed by atoms with Gasteiger partial charge in [0.05, 0.1) is 22.0 Å². The number of rotatable bonds is 4. The van der Waals surface area contributed by atoms with E-state index in [4.69, 9.17) is 23.2 Å². The SMILES string of the molecule is CC1([C@H](NC(=O)C2CNC(=O)CC23CCC3)c2c(F)ccc(Cl)c2Cl)CCCC1. The lowest BCUT2D eigenvalue weighted by Crippen LogP contribution is -2.57. The lowest BCUT2D eigenvalue weighted by atomic mass is 9.57. The normalized spacial score (nSPS) is 25.9. The van der Waals surface area contributed by atoms with E-state index < -0.39 is 11.9 Å². The zero-order valence-electron chi connectivity index (χ0n) is 16.6. The molecule has 1 heterocycles. The van der Waals surface area contributed by atoms with Gasteiger partial charge < -0.3 is 10.6 Å². The fourth-order valence-electron chi connectivity index (χ4n) is 5.58. The van der Waals surface area contributed by atoms with E-state index in [0.29, 0.717) is 13.0 Å². The van der Waals surface area contributed by atoms with Crippen LogP contribution in [0, 0.1) is 22.6 Å². The Morgan fingerprint density at radius 3 is 2.52 bits per heavy atom. The Labute approximate surface area is 180 Å². The summed E-state index contributed by atoms with van der Waals surface area (Å²) in [6.07, 6.45) is 7.02. The van der Waals surface area contributed by atoms with Crippen LogP contribution in [-0.4, -0.2) is 18.4 Å². The molecule has 0 aromatic heterocycles. The molecule has 2 amide bonds. The summed E-state index contributed by atoms with van der Waals surface area (Å²) in [6.45, 7) is 2.42. The largest absolute Gasteiger partial charge is 0.355 e. The summed E-state index contributed by atoms with van der Waals surface area (Å²) in [4.78, 5) is 25.4. The van der Waals surface area contributed by atoms with E-state index in [1.54, 1.807) is 0 Å². The molecule has 3 fully saturated rings. The van der Waals surface area contributed by atoms with Crippen molar-refractivity contribution in [3.63, 3.8) is 0 Å². The predicted octanol–water partition coefficient (Wildman–Crippen LogP) is 5.18. The first-order valence-electron chi connectivity index (χ1n) is 10.5. The van der Waals surface area contributed by atoms with Gasteiger partial charge in [0.1, 0.15) is 5.82 Å². The number of hydrogen-bond donors (Lipinski definition) is 2. The Hall–Kier alpha value is -1.33. The minimum Gasteiger partial charge on any atom is -0.355 e. The highest BCUT2D eigenvalue weighted by molar-refractivity contribution is 6.42. The number of carbonyl (C=O) groups is 2. The summed E-state index contributed by atoms with van der Waals surface area (Å²) >= 11 is 12.6. The zero-order chi connectivity index (χ0) is 20.8. The number of nitrogens with one attached hydrogen (secondary N) is 2. The highest BCUT2D eigenvalue weighted by atomic mass is 35.5. The maximum atomic E-state index is 14.9. The van der Waals surface area contributed by atoms with Crippen LogP contribution in [0.1, 0.15) is 69.9 Å². The lowest BCUT2D eigenvalue weighted by molar-refractivity contribution is -0.143. The van der Waals surface area contributed by atoms with Crippen LogP contribution < -0.4 is 10.6 Å². The van der Waals surface area contributed by atoms with Gasteiger partial charge in [-0.25, -0.2) is 4.39 Å². The molecule has 2 atom stereocenters. The van der Waals surface area contributed by atoms with Crippen molar-refractivity contribution in [3.05, 3.63) is 33.6 Å². The maximum Gasteiger partial charge on any atom is 0.225 e. The van der Waals surface area contributed by atoms with Crippen molar-refractivity contribution in [2.24, 2.45) is 16.7 Å². The molecular formula is C22H27Cl2FN2O2. The van der Waals surface area contributed by atoms with Gasteiger partial charge >= 0.3 is 0 Å². The van der Waals surface area contributed by atoms with Gasteiger partial charge in [-0.1, -0.05) is 49.4 Å². The molecule has 1 unspecified atom stereocenters. The van der Waals surface area contributed by atoms with Crippen LogP contribution in [0.15, 0.2) is 12.1 Å². The quantitative estimate of drug-likeness (QED) is 0.633. The molecule has 7 heteroatoms. The minimum absolute atomic E-state index is 0.0111. The topological polar surface area (TPSA) is 58.2 Å². The van der Waals surface area contributed by atoms with E-state index in [-0.39, 0.29) is 44.2 Å². The van der Waals surface area contributed by atoms with E-state index in [1.165, 1.54) is 12.1 Å². The molecule has 4 rings (SSSR count). The van der Waals surface area contributed by atoms with Gasteiger partial charge in [-0.2, -0.15) is 0 Å². The first kappa shape index (κ1) is 20.9. The lowest BCUT2D eigenvalue weighted by Gasteiger charge is -2.50. The molecule has 1 aromatic carbocycles. The third-order valence-electron chi connectivity index (χ3n) is 7.52. The fourth-order valence-corrected chi connectivity index (χ4v) is 6.01. The van der Waals surface area contributed by atoms with Crippen LogP contribution in [-0.2, 0) is 9.59 Å². The van der Waals surface area contributed by atoms with Crippen molar-refractivity contribution in [1.82, 2.24) is 10.6 Å². The minimum atomic E-state index is -0.557. The summed E-state index contributed by atoms with van der Waals surface area (Å²) in [5, 5.41) is 6.45. The number of piperidine rings is 1. The maximum absolute atomic E-state index is 14.9. The number of halogens is 3. The summed E-state index contributed by atoms with van der Waals surface area (Å²) in [5.74, 6) is -0.870. The van der Waals surface area contributed by atoms with Crippen LogP contribution in [0.3, 0.4) is 0 Å². The average Bonchev–Trinajstić information content (AvgIpc) is 3.10. The third-order valence-corrected chi connectivity index (χ3v) is 8.34. The highest BCUT2D eigenvalue weighted by Gasteiger charge is 2.52. The first-order valence-corrected chi connectivity index (χ1v) is 11.2. The second kappa shape index (κ2) is 7.73. The molecular weight excluding hydrogens is 414 g/mol.